The Labute approximate surface area is 115 Å². The highest BCUT2D eigenvalue weighted by Crippen LogP contribution is 2.23. The van der Waals surface area contributed by atoms with E-state index in [1.807, 2.05) is 0 Å². The molecule has 1 rings (SSSR count). The molecule has 1 aromatic rings. The summed E-state index contributed by atoms with van der Waals surface area (Å²) >= 11 is 0. The number of methoxy groups -OCH3 is 1. The van der Waals surface area contributed by atoms with E-state index in [1.165, 1.54) is 0 Å². The maximum absolute atomic E-state index is 12.1. The van der Waals surface area contributed by atoms with E-state index >= 15 is 0 Å². The van der Waals surface area contributed by atoms with Crippen molar-refractivity contribution >= 4 is 11.6 Å². The lowest BCUT2D eigenvalue weighted by atomic mass is 10.0. The molecule has 0 unspecified atom stereocenters. The first-order valence-electron chi connectivity index (χ1n) is 6.89. The molecule has 0 aliphatic rings. The van der Waals surface area contributed by atoms with Crippen molar-refractivity contribution in [3.8, 4) is 5.75 Å². The summed E-state index contributed by atoms with van der Waals surface area (Å²) in [4.78, 5) is 16.4. The van der Waals surface area contributed by atoms with Gasteiger partial charge in [0.25, 0.3) is 0 Å². The molecule has 0 radical (unpaired) electrons. The smallest absolute Gasteiger partial charge is 0.168 e. The highest BCUT2D eigenvalue weighted by Gasteiger charge is 2.14. The summed E-state index contributed by atoms with van der Waals surface area (Å²) in [6.07, 6.45) is 4.06. The number of aromatic nitrogens is 1. The van der Waals surface area contributed by atoms with Gasteiger partial charge in [-0.2, -0.15) is 0 Å². The van der Waals surface area contributed by atoms with E-state index in [9.17, 15) is 4.79 Å². The summed E-state index contributed by atoms with van der Waals surface area (Å²) in [5.74, 6) is 1.97. The molecule has 4 nitrogen and oxygen atoms in total. The van der Waals surface area contributed by atoms with Crippen molar-refractivity contribution in [3.63, 3.8) is 0 Å². The van der Waals surface area contributed by atoms with E-state index in [4.69, 9.17) is 4.74 Å². The van der Waals surface area contributed by atoms with E-state index in [0.29, 0.717) is 23.7 Å². The van der Waals surface area contributed by atoms with Crippen LogP contribution in [0.2, 0.25) is 0 Å². The van der Waals surface area contributed by atoms with Crippen LogP contribution in [0.5, 0.6) is 5.75 Å². The standard InChI is InChI=1S/C15H24N2O2/c1-5-8-16-15-9-14(19-4)12(10-17-15)13(18)7-6-11(2)3/h9-11H,5-8H2,1-4H3,(H,16,17). The van der Waals surface area contributed by atoms with Crippen LogP contribution >= 0.6 is 0 Å². The minimum atomic E-state index is 0.0973. The fourth-order valence-corrected chi connectivity index (χ4v) is 1.72. The third-order valence-electron chi connectivity index (χ3n) is 2.89. The second-order valence-corrected chi connectivity index (χ2v) is 5.05. The number of ketones is 1. The van der Waals surface area contributed by atoms with Gasteiger partial charge >= 0.3 is 0 Å². The van der Waals surface area contributed by atoms with Crippen LogP contribution in [0.15, 0.2) is 12.3 Å². The van der Waals surface area contributed by atoms with E-state index in [-0.39, 0.29) is 5.78 Å². The molecule has 1 aromatic heterocycles. The fraction of sp³-hybridized carbons (Fsp3) is 0.600. The number of nitrogens with one attached hydrogen (secondary N) is 1. The largest absolute Gasteiger partial charge is 0.496 e. The molecule has 0 fully saturated rings. The molecule has 0 saturated carbocycles. The lowest BCUT2D eigenvalue weighted by molar-refractivity contribution is 0.0972. The van der Waals surface area contributed by atoms with Gasteiger partial charge in [-0.25, -0.2) is 4.98 Å². The third-order valence-corrected chi connectivity index (χ3v) is 2.89. The number of hydrogen-bond acceptors (Lipinski definition) is 4. The van der Waals surface area contributed by atoms with Crippen LogP contribution in [0.3, 0.4) is 0 Å². The van der Waals surface area contributed by atoms with Gasteiger partial charge in [0, 0.05) is 25.2 Å². The van der Waals surface area contributed by atoms with Gasteiger partial charge in [-0.05, 0) is 18.8 Å². The normalized spacial score (nSPS) is 10.6. The van der Waals surface area contributed by atoms with Crippen LogP contribution in [0.1, 0.15) is 50.4 Å². The lowest BCUT2D eigenvalue weighted by Gasteiger charge is -2.11. The van der Waals surface area contributed by atoms with Gasteiger partial charge < -0.3 is 10.1 Å². The van der Waals surface area contributed by atoms with Crippen molar-refractivity contribution in [1.29, 1.82) is 0 Å². The number of nitrogens with zero attached hydrogens (tertiary/aromatic N) is 1. The Morgan fingerprint density at radius 1 is 1.47 bits per heavy atom. The van der Waals surface area contributed by atoms with Crippen LogP contribution in [0, 0.1) is 5.92 Å². The van der Waals surface area contributed by atoms with Crippen LogP contribution in [0.4, 0.5) is 5.82 Å². The first-order valence-corrected chi connectivity index (χ1v) is 6.89. The second-order valence-electron chi connectivity index (χ2n) is 5.05. The molecule has 0 bridgehead atoms. The molecule has 19 heavy (non-hydrogen) atoms. The number of ether oxygens (including phenoxy) is 1. The minimum Gasteiger partial charge on any atom is -0.496 e. The summed E-state index contributed by atoms with van der Waals surface area (Å²) in [6, 6.07) is 1.79. The summed E-state index contributed by atoms with van der Waals surface area (Å²) in [5.41, 5.74) is 0.574. The molecule has 0 aliphatic heterocycles. The molecule has 0 saturated heterocycles. The number of rotatable bonds is 8. The lowest BCUT2D eigenvalue weighted by Crippen LogP contribution is -2.07. The molecule has 1 heterocycles. The predicted octanol–water partition coefficient (Wildman–Crippen LogP) is 3.53. The van der Waals surface area contributed by atoms with Crippen LogP contribution in [0.25, 0.3) is 0 Å². The summed E-state index contributed by atoms with van der Waals surface area (Å²) < 4.78 is 5.29. The van der Waals surface area contributed by atoms with Gasteiger partial charge in [-0.3, -0.25) is 4.79 Å². The average Bonchev–Trinajstić information content (AvgIpc) is 2.42. The molecular weight excluding hydrogens is 240 g/mol. The van der Waals surface area contributed by atoms with Gasteiger partial charge in [0.15, 0.2) is 5.78 Å². The number of carbonyl (C=O) groups excluding carboxylic acids is 1. The molecule has 0 spiro atoms. The van der Waals surface area contributed by atoms with Gasteiger partial charge in [0.05, 0.1) is 12.7 Å². The Bertz CT molecular complexity index is 417. The van der Waals surface area contributed by atoms with Crippen molar-refractivity contribution in [3.05, 3.63) is 17.8 Å². The molecule has 0 atom stereocenters. The predicted molar refractivity (Wildman–Crippen MR) is 78.0 cm³/mol. The van der Waals surface area contributed by atoms with Crippen LogP contribution in [-0.4, -0.2) is 24.4 Å². The van der Waals surface area contributed by atoms with Crippen molar-refractivity contribution in [2.45, 2.75) is 40.0 Å². The maximum atomic E-state index is 12.1. The van der Waals surface area contributed by atoms with Crippen molar-refractivity contribution in [2.75, 3.05) is 19.0 Å². The second kappa shape index (κ2) is 7.77. The molecule has 4 heteroatoms. The average molecular weight is 264 g/mol. The topological polar surface area (TPSA) is 51.2 Å². The van der Waals surface area contributed by atoms with Gasteiger partial charge in [-0.1, -0.05) is 20.8 Å². The van der Waals surface area contributed by atoms with Gasteiger partial charge in [0.1, 0.15) is 11.6 Å². The van der Waals surface area contributed by atoms with E-state index in [2.05, 4.69) is 31.1 Å². The first-order chi connectivity index (χ1) is 9.08. The molecule has 0 aromatic carbocycles. The number of pyridine rings is 1. The number of hydrogen-bond donors (Lipinski definition) is 1. The zero-order valence-electron chi connectivity index (χ0n) is 12.3. The quantitative estimate of drug-likeness (QED) is 0.730. The van der Waals surface area contributed by atoms with Crippen LogP contribution in [-0.2, 0) is 0 Å². The highest BCUT2D eigenvalue weighted by atomic mass is 16.5. The molecular formula is C15H24N2O2. The summed E-state index contributed by atoms with van der Waals surface area (Å²) in [7, 11) is 1.58. The first kappa shape index (κ1) is 15.5. The number of anilines is 1. The minimum absolute atomic E-state index is 0.0973. The molecule has 1 N–H and O–H groups in total. The highest BCUT2D eigenvalue weighted by molar-refractivity contribution is 5.98. The maximum Gasteiger partial charge on any atom is 0.168 e. The number of Topliss-reactive ketones (excluding diaryl/α,β-unsaturated/α-hetero) is 1. The van der Waals surface area contributed by atoms with Crippen molar-refractivity contribution < 1.29 is 9.53 Å². The Morgan fingerprint density at radius 3 is 2.79 bits per heavy atom. The zero-order valence-corrected chi connectivity index (χ0v) is 12.3. The van der Waals surface area contributed by atoms with E-state index < -0.39 is 0 Å². The van der Waals surface area contributed by atoms with E-state index in [1.54, 1.807) is 19.4 Å². The molecule has 106 valence electrons. The molecule has 0 amide bonds. The number of carbonyl (C=O) groups is 1. The summed E-state index contributed by atoms with van der Waals surface area (Å²) in [6.45, 7) is 7.17. The Balaban J connectivity index is 2.80. The van der Waals surface area contributed by atoms with Crippen molar-refractivity contribution in [1.82, 2.24) is 4.98 Å². The zero-order chi connectivity index (χ0) is 14.3. The fourth-order valence-electron chi connectivity index (χ4n) is 1.72. The van der Waals surface area contributed by atoms with E-state index in [0.717, 1.165) is 25.2 Å². The molecule has 0 aliphatic carbocycles. The third kappa shape index (κ3) is 4.89. The van der Waals surface area contributed by atoms with Gasteiger partial charge in [-0.15, -0.1) is 0 Å². The Kier molecular flexibility index (Phi) is 6.33. The van der Waals surface area contributed by atoms with Crippen LogP contribution < -0.4 is 10.1 Å². The SMILES string of the molecule is CCCNc1cc(OC)c(C(=O)CCC(C)C)cn1. The monoisotopic (exact) mass is 264 g/mol. The Morgan fingerprint density at radius 2 is 2.21 bits per heavy atom. The Hall–Kier alpha value is -1.58. The van der Waals surface area contributed by atoms with Gasteiger partial charge in [0.2, 0.25) is 0 Å². The van der Waals surface area contributed by atoms with Crippen molar-refractivity contribution in [2.24, 2.45) is 5.92 Å². The summed E-state index contributed by atoms with van der Waals surface area (Å²) in [5, 5.41) is 3.18.